The summed E-state index contributed by atoms with van der Waals surface area (Å²) in [5, 5.41) is 7.50. The summed E-state index contributed by atoms with van der Waals surface area (Å²) in [6, 6.07) is 5.97. The highest BCUT2D eigenvalue weighted by atomic mass is 19.1. The molecule has 3 heterocycles. The smallest absolute Gasteiger partial charge is 0.346 e. The molecule has 31 heavy (non-hydrogen) atoms. The maximum atomic E-state index is 13.1. The van der Waals surface area contributed by atoms with E-state index in [1.54, 1.807) is 21.6 Å². The summed E-state index contributed by atoms with van der Waals surface area (Å²) in [4.78, 5) is 39.0. The average Bonchev–Trinajstić information content (AvgIpc) is 2.90. The van der Waals surface area contributed by atoms with Crippen LogP contribution < -0.4 is 11.0 Å². The summed E-state index contributed by atoms with van der Waals surface area (Å²) in [5.41, 5.74) is 0.617. The van der Waals surface area contributed by atoms with Crippen LogP contribution in [0.15, 0.2) is 29.1 Å². The van der Waals surface area contributed by atoms with Gasteiger partial charge in [0.1, 0.15) is 11.6 Å². The van der Waals surface area contributed by atoms with E-state index in [0.29, 0.717) is 51.1 Å². The molecule has 0 saturated carbocycles. The molecule has 166 valence electrons. The van der Waals surface area contributed by atoms with Crippen LogP contribution in [0.1, 0.15) is 49.9 Å². The molecule has 4 rings (SSSR count). The Bertz CT molecular complexity index is 998. The van der Waals surface area contributed by atoms with E-state index in [9.17, 15) is 18.8 Å². The maximum Gasteiger partial charge on any atom is 0.346 e. The third-order valence-corrected chi connectivity index (χ3v) is 6.03. The van der Waals surface area contributed by atoms with Gasteiger partial charge in [0, 0.05) is 32.0 Å². The molecular weight excluding hydrogens is 401 g/mol. The molecule has 0 aliphatic carbocycles. The van der Waals surface area contributed by atoms with E-state index in [4.69, 9.17) is 0 Å². The first-order valence-corrected chi connectivity index (χ1v) is 11.0. The van der Waals surface area contributed by atoms with E-state index in [1.165, 1.54) is 16.8 Å². The number of hydrogen-bond donors (Lipinski definition) is 1. The van der Waals surface area contributed by atoms with Crippen molar-refractivity contribution < 1.29 is 14.0 Å². The second-order valence-electron chi connectivity index (χ2n) is 8.35. The molecule has 9 heteroatoms. The Balaban J connectivity index is 1.34. The predicted molar refractivity (Wildman–Crippen MR) is 112 cm³/mol. The minimum absolute atomic E-state index is 0.0513. The maximum absolute atomic E-state index is 13.1. The van der Waals surface area contributed by atoms with Crippen LogP contribution in [0.3, 0.4) is 0 Å². The van der Waals surface area contributed by atoms with Crippen molar-refractivity contribution >= 4 is 11.8 Å². The molecule has 0 bridgehead atoms. The lowest BCUT2D eigenvalue weighted by atomic mass is 10.1. The molecule has 2 amide bonds. The molecule has 0 spiro atoms. The minimum Gasteiger partial charge on any atom is -0.352 e. The quantitative estimate of drug-likeness (QED) is 0.779. The van der Waals surface area contributed by atoms with Crippen molar-refractivity contribution in [1.29, 1.82) is 0 Å². The monoisotopic (exact) mass is 429 g/mol. The van der Waals surface area contributed by atoms with Gasteiger partial charge in [0.25, 0.3) is 0 Å². The second kappa shape index (κ2) is 9.45. The molecular formula is C22H28FN5O3. The molecule has 1 aromatic carbocycles. The van der Waals surface area contributed by atoms with Gasteiger partial charge < -0.3 is 10.2 Å². The average molecular weight is 429 g/mol. The molecule has 1 N–H and O–H groups in total. The zero-order chi connectivity index (χ0) is 21.8. The van der Waals surface area contributed by atoms with Crippen molar-refractivity contribution in [2.75, 3.05) is 13.1 Å². The molecule has 1 saturated heterocycles. The fourth-order valence-corrected chi connectivity index (χ4v) is 4.29. The molecule has 2 aliphatic heterocycles. The van der Waals surface area contributed by atoms with E-state index in [1.807, 2.05) is 0 Å². The van der Waals surface area contributed by atoms with Crippen LogP contribution in [0.5, 0.6) is 0 Å². The van der Waals surface area contributed by atoms with Crippen LogP contribution in [0.2, 0.25) is 0 Å². The standard InChI is InChI=1S/C22H28FN5O3/c23-17-7-5-16(6-8-17)14-28-22(31)27-13-11-18(9-10-19(27)25-28)24-20(29)15-26-12-3-1-2-4-21(26)30/h5-8,18H,1-4,9-15H2,(H,24,29). The van der Waals surface area contributed by atoms with Gasteiger partial charge in [0.15, 0.2) is 0 Å². The molecule has 0 radical (unpaired) electrons. The van der Waals surface area contributed by atoms with Crippen molar-refractivity contribution in [3.63, 3.8) is 0 Å². The third kappa shape index (κ3) is 5.21. The highest BCUT2D eigenvalue weighted by molar-refractivity contribution is 5.85. The number of carbonyl (C=O) groups is 2. The predicted octanol–water partition coefficient (Wildman–Crippen LogP) is 1.46. The molecule has 1 unspecified atom stereocenters. The lowest BCUT2D eigenvalue weighted by Crippen LogP contribution is -2.44. The first kappa shape index (κ1) is 21.3. The second-order valence-corrected chi connectivity index (χ2v) is 8.35. The molecule has 2 aromatic rings. The number of nitrogens with zero attached hydrogens (tertiary/aromatic N) is 4. The van der Waals surface area contributed by atoms with Crippen LogP contribution in [0.4, 0.5) is 4.39 Å². The largest absolute Gasteiger partial charge is 0.352 e. The van der Waals surface area contributed by atoms with Crippen LogP contribution in [-0.4, -0.2) is 50.2 Å². The summed E-state index contributed by atoms with van der Waals surface area (Å²) >= 11 is 0. The van der Waals surface area contributed by atoms with Crippen molar-refractivity contribution in [1.82, 2.24) is 24.6 Å². The summed E-state index contributed by atoms with van der Waals surface area (Å²) in [6.45, 7) is 1.51. The lowest BCUT2D eigenvalue weighted by Gasteiger charge is -2.22. The van der Waals surface area contributed by atoms with Crippen molar-refractivity contribution in [3.8, 4) is 0 Å². The third-order valence-electron chi connectivity index (χ3n) is 6.03. The van der Waals surface area contributed by atoms with E-state index in [0.717, 1.165) is 24.8 Å². The summed E-state index contributed by atoms with van der Waals surface area (Å²) in [6.07, 6.45) is 5.27. The summed E-state index contributed by atoms with van der Waals surface area (Å²) in [7, 11) is 0. The molecule has 8 nitrogen and oxygen atoms in total. The first-order chi connectivity index (χ1) is 15.0. The number of halogens is 1. The normalized spacial score (nSPS) is 19.5. The van der Waals surface area contributed by atoms with E-state index >= 15 is 0 Å². The number of fused-ring (bicyclic) bond motifs is 1. The number of nitrogens with one attached hydrogen (secondary N) is 1. The number of hydrogen-bond acceptors (Lipinski definition) is 4. The number of rotatable bonds is 5. The van der Waals surface area contributed by atoms with Gasteiger partial charge >= 0.3 is 5.69 Å². The first-order valence-electron chi connectivity index (χ1n) is 11.0. The highest BCUT2D eigenvalue weighted by Gasteiger charge is 2.24. The number of aromatic nitrogens is 3. The summed E-state index contributed by atoms with van der Waals surface area (Å²) < 4.78 is 16.2. The SMILES string of the molecule is O=C(CN1CCCCCC1=O)NC1CCc2nn(Cc3ccc(F)cc3)c(=O)n2CC1. The Kier molecular flexibility index (Phi) is 6.48. The Hall–Kier alpha value is -2.97. The van der Waals surface area contributed by atoms with Gasteiger partial charge in [-0.05, 0) is 43.4 Å². The molecule has 1 aromatic heterocycles. The van der Waals surface area contributed by atoms with Gasteiger partial charge in [-0.2, -0.15) is 5.10 Å². The Labute approximate surface area is 180 Å². The highest BCUT2D eigenvalue weighted by Crippen LogP contribution is 2.14. The number of aryl methyl sites for hydroxylation is 1. The minimum atomic E-state index is -0.315. The van der Waals surface area contributed by atoms with Gasteiger partial charge in [-0.15, -0.1) is 0 Å². The van der Waals surface area contributed by atoms with Crippen molar-refractivity contribution in [3.05, 3.63) is 52.0 Å². The van der Waals surface area contributed by atoms with Crippen LogP contribution in [0.25, 0.3) is 0 Å². The number of carbonyl (C=O) groups excluding carboxylic acids is 2. The number of benzene rings is 1. The van der Waals surface area contributed by atoms with Crippen molar-refractivity contribution in [2.45, 2.75) is 64.1 Å². The summed E-state index contributed by atoms with van der Waals surface area (Å²) in [5.74, 6) is 0.292. The lowest BCUT2D eigenvalue weighted by molar-refractivity contribution is -0.135. The Morgan fingerprint density at radius 2 is 1.87 bits per heavy atom. The van der Waals surface area contributed by atoms with Gasteiger partial charge in [-0.3, -0.25) is 14.2 Å². The number of likely N-dealkylation sites (tertiary alicyclic amines) is 1. The number of amides is 2. The Morgan fingerprint density at radius 1 is 1.06 bits per heavy atom. The van der Waals surface area contributed by atoms with Gasteiger partial charge in [0.2, 0.25) is 11.8 Å². The van der Waals surface area contributed by atoms with Gasteiger partial charge in [0.05, 0.1) is 13.1 Å². The van der Waals surface area contributed by atoms with Crippen LogP contribution >= 0.6 is 0 Å². The van der Waals surface area contributed by atoms with Crippen molar-refractivity contribution in [2.24, 2.45) is 0 Å². The van der Waals surface area contributed by atoms with Gasteiger partial charge in [-0.25, -0.2) is 13.9 Å². The van der Waals surface area contributed by atoms with Crippen LogP contribution in [0, 0.1) is 5.82 Å². The van der Waals surface area contributed by atoms with E-state index in [2.05, 4.69) is 10.4 Å². The molecule has 1 fully saturated rings. The van der Waals surface area contributed by atoms with Crippen LogP contribution in [-0.2, 0) is 29.1 Å². The topological polar surface area (TPSA) is 89.2 Å². The van der Waals surface area contributed by atoms with E-state index in [-0.39, 0.29) is 35.9 Å². The fourth-order valence-electron chi connectivity index (χ4n) is 4.29. The van der Waals surface area contributed by atoms with E-state index < -0.39 is 0 Å². The van der Waals surface area contributed by atoms with Gasteiger partial charge in [-0.1, -0.05) is 18.6 Å². The molecule has 2 aliphatic rings. The molecule has 1 atom stereocenters. The Morgan fingerprint density at radius 3 is 2.68 bits per heavy atom. The zero-order valence-corrected chi connectivity index (χ0v) is 17.6. The zero-order valence-electron chi connectivity index (χ0n) is 17.6. The fraction of sp³-hybridized carbons (Fsp3) is 0.545.